The molecule has 0 radical (unpaired) electrons. The molecule has 0 atom stereocenters. The molecule has 3 nitrogen and oxygen atoms in total. The molecule has 0 aliphatic heterocycles. The summed E-state index contributed by atoms with van der Waals surface area (Å²) in [6.07, 6.45) is 0.0398. The number of fused-ring (bicyclic) bond motifs is 1. The molecule has 15 heavy (non-hydrogen) atoms. The van der Waals surface area contributed by atoms with Gasteiger partial charge in [-0.1, -0.05) is 15.9 Å². The van der Waals surface area contributed by atoms with Crippen LogP contribution in [0.3, 0.4) is 0 Å². The van der Waals surface area contributed by atoms with Gasteiger partial charge in [-0.05, 0) is 30.7 Å². The zero-order valence-corrected chi connectivity index (χ0v) is 9.76. The fourth-order valence-corrected chi connectivity index (χ4v) is 2.04. The Bertz CT molecular complexity index is 531. The maximum atomic E-state index is 10.6. The molecule has 0 saturated heterocycles. The van der Waals surface area contributed by atoms with Crippen molar-refractivity contribution in [2.24, 2.45) is 0 Å². The highest BCUT2D eigenvalue weighted by Crippen LogP contribution is 2.25. The van der Waals surface area contributed by atoms with Crippen molar-refractivity contribution in [2.75, 3.05) is 0 Å². The Labute approximate surface area is 95.2 Å². The molecule has 0 spiro atoms. The predicted molar refractivity (Wildman–Crippen MR) is 62.1 cm³/mol. The van der Waals surface area contributed by atoms with Gasteiger partial charge in [0, 0.05) is 21.1 Å². The van der Waals surface area contributed by atoms with Gasteiger partial charge < -0.3 is 10.1 Å². The quantitative estimate of drug-likeness (QED) is 0.879. The van der Waals surface area contributed by atoms with Gasteiger partial charge in [0.1, 0.15) is 0 Å². The Morgan fingerprint density at radius 1 is 1.53 bits per heavy atom. The maximum Gasteiger partial charge on any atom is 0.309 e. The van der Waals surface area contributed by atoms with Crippen molar-refractivity contribution in [3.63, 3.8) is 0 Å². The maximum absolute atomic E-state index is 10.6. The minimum atomic E-state index is -0.816. The fraction of sp³-hybridized carbons (Fsp3) is 0.182. The monoisotopic (exact) mass is 267 g/mol. The van der Waals surface area contributed by atoms with Gasteiger partial charge in [-0.2, -0.15) is 0 Å². The van der Waals surface area contributed by atoms with Gasteiger partial charge in [0.25, 0.3) is 0 Å². The summed E-state index contributed by atoms with van der Waals surface area (Å²) >= 11 is 3.40. The fourth-order valence-electron chi connectivity index (χ4n) is 1.68. The van der Waals surface area contributed by atoms with Crippen LogP contribution < -0.4 is 0 Å². The molecule has 0 aliphatic carbocycles. The van der Waals surface area contributed by atoms with Gasteiger partial charge in [-0.3, -0.25) is 4.79 Å². The second-order valence-electron chi connectivity index (χ2n) is 3.49. The number of rotatable bonds is 2. The standard InChI is InChI=1S/C11H10BrNO2/c1-6-8-4-7(12)2-3-9(8)13-10(6)5-11(14)15/h2-4,13H,5H2,1H3,(H,14,15). The van der Waals surface area contributed by atoms with Crippen LogP contribution in [-0.2, 0) is 11.2 Å². The van der Waals surface area contributed by atoms with Crippen LogP contribution in [0.2, 0.25) is 0 Å². The van der Waals surface area contributed by atoms with Crippen molar-refractivity contribution in [2.45, 2.75) is 13.3 Å². The van der Waals surface area contributed by atoms with Gasteiger partial charge in [-0.25, -0.2) is 0 Å². The number of nitrogens with one attached hydrogen (secondary N) is 1. The minimum absolute atomic E-state index is 0.0398. The van der Waals surface area contributed by atoms with Crippen molar-refractivity contribution in [3.05, 3.63) is 33.9 Å². The van der Waals surface area contributed by atoms with E-state index in [2.05, 4.69) is 20.9 Å². The zero-order valence-electron chi connectivity index (χ0n) is 8.17. The van der Waals surface area contributed by atoms with Gasteiger partial charge in [0.2, 0.25) is 0 Å². The molecule has 2 rings (SSSR count). The smallest absolute Gasteiger partial charge is 0.309 e. The highest BCUT2D eigenvalue weighted by Gasteiger charge is 2.10. The van der Waals surface area contributed by atoms with Crippen molar-refractivity contribution < 1.29 is 9.90 Å². The van der Waals surface area contributed by atoms with E-state index in [0.717, 1.165) is 26.6 Å². The first-order valence-corrected chi connectivity index (χ1v) is 5.35. The van der Waals surface area contributed by atoms with E-state index >= 15 is 0 Å². The lowest BCUT2D eigenvalue weighted by molar-refractivity contribution is -0.136. The minimum Gasteiger partial charge on any atom is -0.481 e. The molecule has 2 N–H and O–H groups in total. The number of halogens is 1. The van der Waals surface area contributed by atoms with E-state index in [1.54, 1.807) is 0 Å². The van der Waals surface area contributed by atoms with Gasteiger partial charge >= 0.3 is 5.97 Å². The Hall–Kier alpha value is -1.29. The zero-order chi connectivity index (χ0) is 11.0. The number of hydrogen-bond acceptors (Lipinski definition) is 1. The summed E-state index contributed by atoms with van der Waals surface area (Å²) in [4.78, 5) is 13.8. The molecular formula is C11H10BrNO2. The van der Waals surface area contributed by atoms with E-state index in [1.165, 1.54) is 0 Å². The van der Waals surface area contributed by atoms with E-state index in [9.17, 15) is 4.79 Å². The second kappa shape index (κ2) is 3.70. The molecule has 0 saturated carbocycles. The number of benzene rings is 1. The number of hydrogen-bond donors (Lipinski definition) is 2. The van der Waals surface area contributed by atoms with Crippen molar-refractivity contribution in [1.82, 2.24) is 4.98 Å². The average molecular weight is 268 g/mol. The van der Waals surface area contributed by atoms with E-state index in [1.807, 2.05) is 25.1 Å². The molecule has 0 amide bonds. The van der Waals surface area contributed by atoms with Gasteiger partial charge in [0.15, 0.2) is 0 Å². The molecule has 1 heterocycles. The summed E-state index contributed by atoms with van der Waals surface area (Å²) in [7, 11) is 0. The first kappa shape index (κ1) is 10.2. The predicted octanol–water partition coefficient (Wildman–Crippen LogP) is 2.87. The lowest BCUT2D eigenvalue weighted by Crippen LogP contribution is -2.01. The van der Waals surface area contributed by atoms with Crippen LogP contribution >= 0.6 is 15.9 Å². The summed E-state index contributed by atoms with van der Waals surface area (Å²) in [6.45, 7) is 1.93. The van der Waals surface area contributed by atoms with Crippen molar-refractivity contribution in [1.29, 1.82) is 0 Å². The molecule has 1 aromatic heterocycles. The molecule has 0 unspecified atom stereocenters. The highest BCUT2D eigenvalue weighted by atomic mass is 79.9. The summed E-state index contributed by atoms with van der Waals surface area (Å²) in [5.41, 5.74) is 2.76. The van der Waals surface area contributed by atoms with Gasteiger partial charge in [-0.15, -0.1) is 0 Å². The number of carbonyl (C=O) groups is 1. The van der Waals surface area contributed by atoms with Crippen LogP contribution in [0.25, 0.3) is 10.9 Å². The number of aromatic amines is 1. The first-order chi connectivity index (χ1) is 7.08. The summed E-state index contributed by atoms with van der Waals surface area (Å²) in [5.74, 6) is -0.816. The van der Waals surface area contributed by atoms with Crippen LogP contribution in [0.4, 0.5) is 0 Å². The van der Waals surface area contributed by atoms with Crippen molar-refractivity contribution >= 4 is 32.8 Å². The van der Waals surface area contributed by atoms with Crippen LogP contribution in [0.15, 0.2) is 22.7 Å². The highest BCUT2D eigenvalue weighted by molar-refractivity contribution is 9.10. The van der Waals surface area contributed by atoms with Crippen LogP contribution in [0.1, 0.15) is 11.3 Å². The summed E-state index contributed by atoms with van der Waals surface area (Å²) < 4.78 is 0.999. The third-order valence-corrected chi connectivity index (χ3v) is 2.95. The van der Waals surface area contributed by atoms with Crippen LogP contribution in [-0.4, -0.2) is 16.1 Å². The Morgan fingerprint density at radius 2 is 2.27 bits per heavy atom. The van der Waals surface area contributed by atoms with Gasteiger partial charge in [0.05, 0.1) is 6.42 Å². The molecule has 4 heteroatoms. The second-order valence-corrected chi connectivity index (χ2v) is 4.40. The lowest BCUT2D eigenvalue weighted by Gasteiger charge is -1.94. The van der Waals surface area contributed by atoms with Crippen LogP contribution in [0.5, 0.6) is 0 Å². The number of carboxylic acid groups (broad SMARTS) is 1. The molecule has 0 bridgehead atoms. The third-order valence-electron chi connectivity index (χ3n) is 2.45. The van der Waals surface area contributed by atoms with Crippen LogP contribution in [0, 0.1) is 6.92 Å². The molecular weight excluding hydrogens is 258 g/mol. The van der Waals surface area contributed by atoms with E-state index in [-0.39, 0.29) is 6.42 Å². The van der Waals surface area contributed by atoms with E-state index < -0.39 is 5.97 Å². The molecule has 0 fully saturated rings. The summed E-state index contributed by atoms with van der Waals surface area (Å²) in [5, 5.41) is 9.81. The summed E-state index contributed by atoms with van der Waals surface area (Å²) in [6, 6.07) is 5.87. The number of aromatic nitrogens is 1. The first-order valence-electron chi connectivity index (χ1n) is 4.56. The molecule has 1 aromatic carbocycles. The molecule has 78 valence electrons. The SMILES string of the molecule is Cc1c(CC(=O)O)[nH]c2ccc(Br)cc12. The largest absolute Gasteiger partial charge is 0.481 e. The number of H-pyrrole nitrogens is 1. The number of aryl methyl sites for hydroxylation is 1. The Kier molecular flexibility index (Phi) is 2.52. The topological polar surface area (TPSA) is 53.1 Å². The van der Waals surface area contributed by atoms with E-state index in [0.29, 0.717) is 0 Å². The Balaban J connectivity index is 2.59. The number of carboxylic acids is 1. The van der Waals surface area contributed by atoms with Crippen molar-refractivity contribution in [3.8, 4) is 0 Å². The molecule has 0 aliphatic rings. The average Bonchev–Trinajstić information content (AvgIpc) is 2.44. The number of aliphatic carboxylic acids is 1. The third kappa shape index (κ3) is 1.90. The normalized spacial score (nSPS) is 10.8. The van der Waals surface area contributed by atoms with E-state index in [4.69, 9.17) is 5.11 Å². The Morgan fingerprint density at radius 3 is 2.93 bits per heavy atom. The molecule has 2 aromatic rings. The lowest BCUT2D eigenvalue weighted by atomic mass is 10.1.